The van der Waals surface area contributed by atoms with Gasteiger partial charge in [-0.1, -0.05) is 34.4 Å². The summed E-state index contributed by atoms with van der Waals surface area (Å²) >= 11 is 11.9. The number of amides is 1. The number of nitrogens with two attached hydrogens (primary N) is 1. The highest BCUT2D eigenvalue weighted by molar-refractivity contribution is 6.42. The minimum absolute atomic E-state index is 0.0313. The molecule has 3 aromatic rings. The van der Waals surface area contributed by atoms with Gasteiger partial charge in [-0.3, -0.25) is 0 Å². The fraction of sp³-hybridized carbons (Fsp3) is 0.429. The van der Waals surface area contributed by atoms with Gasteiger partial charge in [0.05, 0.1) is 22.2 Å². The molecule has 1 unspecified atom stereocenters. The molecule has 1 fully saturated rings. The molecule has 1 aliphatic rings. The number of rotatable bonds is 7. The number of aliphatic imine (C=N–C) groups is 1. The summed E-state index contributed by atoms with van der Waals surface area (Å²) in [6.45, 7) is 5.64. The number of carbonyl (C=O) groups is 1. The lowest BCUT2D eigenvalue weighted by Gasteiger charge is -2.23. The van der Waals surface area contributed by atoms with Gasteiger partial charge in [0.1, 0.15) is 17.4 Å². The normalized spacial score (nSPS) is 16.1. The van der Waals surface area contributed by atoms with Crippen molar-refractivity contribution in [2.24, 2.45) is 10.7 Å². The van der Waals surface area contributed by atoms with Gasteiger partial charge in [-0.15, -0.1) is 4.99 Å². The number of nitrogens with zero attached hydrogens (tertiary/aromatic N) is 4. The van der Waals surface area contributed by atoms with Gasteiger partial charge in [-0.2, -0.15) is 18.2 Å². The standard InChI is InChI=1S/C28H30Cl2F3N5O4/c1-27(2,3)41-26(39)36-25(34)38-12-4-7-21(38)24-35-23(37-42-24)17-9-11-22(18(15-17)28(31,32)33)40-13-5-6-16-8-10-19(29)20(30)14-16/h8-11,14-15,21H,4-7,12-13H2,1-3H3,(H2,34,36,39). The number of hydrogen-bond donors (Lipinski definition) is 1. The van der Waals surface area contributed by atoms with E-state index in [-0.39, 0.29) is 35.6 Å². The molecule has 0 aliphatic carbocycles. The highest BCUT2D eigenvalue weighted by atomic mass is 35.5. The molecule has 0 saturated carbocycles. The van der Waals surface area contributed by atoms with E-state index in [1.54, 1.807) is 43.9 Å². The van der Waals surface area contributed by atoms with Crippen LogP contribution in [0.2, 0.25) is 10.0 Å². The first-order valence-corrected chi connectivity index (χ1v) is 13.9. The van der Waals surface area contributed by atoms with Crippen LogP contribution in [0.1, 0.15) is 63.1 Å². The Kier molecular flexibility index (Phi) is 9.56. The molecule has 42 heavy (non-hydrogen) atoms. The number of likely N-dealkylation sites (tertiary alicyclic amines) is 1. The molecule has 2 heterocycles. The second-order valence-electron chi connectivity index (χ2n) is 10.7. The van der Waals surface area contributed by atoms with Crippen molar-refractivity contribution in [2.75, 3.05) is 13.2 Å². The largest absolute Gasteiger partial charge is 0.493 e. The Hall–Kier alpha value is -3.51. The van der Waals surface area contributed by atoms with E-state index in [4.69, 9.17) is 42.9 Å². The molecule has 2 N–H and O–H groups in total. The number of carbonyl (C=O) groups excluding carboxylic acids is 1. The molecule has 4 rings (SSSR count). The Morgan fingerprint density at radius 2 is 1.93 bits per heavy atom. The first-order chi connectivity index (χ1) is 19.7. The molecule has 0 radical (unpaired) electrons. The zero-order valence-electron chi connectivity index (χ0n) is 23.2. The van der Waals surface area contributed by atoms with E-state index in [0.29, 0.717) is 42.3 Å². The molecule has 1 aromatic heterocycles. The molecule has 2 aromatic carbocycles. The predicted octanol–water partition coefficient (Wildman–Crippen LogP) is 7.46. The van der Waals surface area contributed by atoms with Gasteiger partial charge in [-0.05, 0) is 82.3 Å². The summed E-state index contributed by atoms with van der Waals surface area (Å²) in [6, 6.07) is 8.28. The van der Waals surface area contributed by atoms with Crippen LogP contribution in [0.15, 0.2) is 45.9 Å². The number of hydrogen-bond acceptors (Lipinski definition) is 6. The summed E-state index contributed by atoms with van der Waals surface area (Å²) in [5, 5.41) is 4.73. The van der Waals surface area contributed by atoms with Gasteiger partial charge in [-0.25, -0.2) is 4.79 Å². The summed E-state index contributed by atoms with van der Waals surface area (Å²) in [4.78, 5) is 21.9. The highest BCUT2D eigenvalue weighted by Gasteiger charge is 2.36. The van der Waals surface area contributed by atoms with Crippen molar-refractivity contribution in [1.29, 1.82) is 0 Å². The zero-order chi connectivity index (χ0) is 30.7. The minimum atomic E-state index is -4.68. The van der Waals surface area contributed by atoms with Crippen LogP contribution in [-0.2, 0) is 17.3 Å². The maximum absolute atomic E-state index is 14.0. The van der Waals surface area contributed by atoms with Gasteiger partial charge in [0.25, 0.3) is 0 Å². The minimum Gasteiger partial charge on any atom is -0.493 e. The maximum atomic E-state index is 14.0. The summed E-state index contributed by atoms with van der Waals surface area (Å²) in [5.41, 5.74) is 5.35. The van der Waals surface area contributed by atoms with Gasteiger partial charge >= 0.3 is 12.3 Å². The van der Waals surface area contributed by atoms with Crippen molar-refractivity contribution >= 4 is 35.3 Å². The van der Waals surface area contributed by atoms with Crippen LogP contribution in [-0.4, -0.2) is 45.8 Å². The number of guanidine groups is 1. The molecular formula is C28H30Cl2F3N5O4. The maximum Gasteiger partial charge on any atom is 0.437 e. The lowest BCUT2D eigenvalue weighted by atomic mass is 10.1. The third-order valence-electron chi connectivity index (χ3n) is 6.27. The van der Waals surface area contributed by atoms with Crippen molar-refractivity contribution in [2.45, 2.75) is 64.3 Å². The molecule has 0 bridgehead atoms. The Balaban J connectivity index is 1.46. The quantitative estimate of drug-likeness (QED) is 0.163. The van der Waals surface area contributed by atoms with Crippen LogP contribution in [0.4, 0.5) is 18.0 Å². The van der Waals surface area contributed by atoms with E-state index in [0.717, 1.165) is 11.6 Å². The van der Waals surface area contributed by atoms with Gasteiger partial charge in [0, 0.05) is 12.1 Å². The molecule has 1 aliphatic heterocycles. The van der Waals surface area contributed by atoms with Crippen molar-refractivity contribution in [1.82, 2.24) is 15.0 Å². The van der Waals surface area contributed by atoms with E-state index in [1.807, 2.05) is 0 Å². The number of halogens is 5. The Morgan fingerprint density at radius 3 is 2.62 bits per heavy atom. The number of alkyl halides is 3. The summed E-state index contributed by atoms with van der Waals surface area (Å²) < 4.78 is 58.0. The molecule has 226 valence electrons. The van der Waals surface area contributed by atoms with Crippen LogP contribution in [0.25, 0.3) is 11.4 Å². The lowest BCUT2D eigenvalue weighted by molar-refractivity contribution is -0.138. The Labute approximate surface area is 250 Å². The van der Waals surface area contributed by atoms with Crippen molar-refractivity contribution in [3.05, 3.63) is 63.5 Å². The Morgan fingerprint density at radius 1 is 1.17 bits per heavy atom. The second-order valence-corrected chi connectivity index (χ2v) is 11.5. The molecular weight excluding hydrogens is 598 g/mol. The molecule has 1 atom stereocenters. The van der Waals surface area contributed by atoms with Crippen molar-refractivity contribution in [3.63, 3.8) is 0 Å². The third-order valence-corrected chi connectivity index (χ3v) is 7.01. The summed E-state index contributed by atoms with van der Waals surface area (Å²) in [5.74, 6) is -0.277. The van der Waals surface area contributed by atoms with E-state index >= 15 is 0 Å². The van der Waals surface area contributed by atoms with Gasteiger partial charge in [0.15, 0.2) is 0 Å². The molecule has 14 heteroatoms. The van der Waals surface area contributed by atoms with Crippen LogP contribution < -0.4 is 10.5 Å². The fourth-order valence-electron chi connectivity index (χ4n) is 4.40. The third kappa shape index (κ3) is 8.07. The van der Waals surface area contributed by atoms with Crippen LogP contribution in [0.3, 0.4) is 0 Å². The predicted molar refractivity (Wildman–Crippen MR) is 152 cm³/mol. The fourth-order valence-corrected chi connectivity index (χ4v) is 4.72. The first kappa shape index (κ1) is 31.4. The average Bonchev–Trinajstić information content (AvgIpc) is 3.57. The topological polar surface area (TPSA) is 116 Å². The van der Waals surface area contributed by atoms with E-state index < -0.39 is 29.5 Å². The number of ether oxygens (including phenoxy) is 2. The lowest BCUT2D eigenvalue weighted by Crippen LogP contribution is -2.38. The zero-order valence-corrected chi connectivity index (χ0v) is 24.7. The molecule has 1 amide bonds. The number of aryl methyl sites for hydroxylation is 1. The molecule has 1 saturated heterocycles. The van der Waals surface area contributed by atoms with Gasteiger partial charge < -0.3 is 24.6 Å². The van der Waals surface area contributed by atoms with Crippen molar-refractivity contribution in [3.8, 4) is 17.1 Å². The average molecular weight is 628 g/mol. The van der Waals surface area contributed by atoms with Crippen LogP contribution >= 0.6 is 23.2 Å². The van der Waals surface area contributed by atoms with Gasteiger partial charge in [0.2, 0.25) is 17.7 Å². The van der Waals surface area contributed by atoms with E-state index in [9.17, 15) is 18.0 Å². The van der Waals surface area contributed by atoms with Crippen LogP contribution in [0, 0.1) is 0 Å². The van der Waals surface area contributed by atoms with Crippen molar-refractivity contribution < 1.29 is 32.0 Å². The molecule has 9 nitrogen and oxygen atoms in total. The SMILES string of the molecule is CC(C)(C)OC(=O)/N=C(\N)N1CCCC1c1nc(-c2ccc(OCCCc3ccc(Cl)c(Cl)c3)c(C(F)(F)F)c2)no1. The Bertz CT molecular complexity index is 1460. The van der Waals surface area contributed by atoms with E-state index in [2.05, 4.69) is 15.1 Å². The number of aromatic nitrogens is 2. The monoisotopic (exact) mass is 627 g/mol. The summed E-state index contributed by atoms with van der Waals surface area (Å²) in [7, 11) is 0. The second kappa shape index (κ2) is 12.8. The first-order valence-electron chi connectivity index (χ1n) is 13.2. The summed E-state index contributed by atoms with van der Waals surface area (Å²) in [6.07, 6.45) is -3.25. The molecule has 0 spiro atoms. The van der Waals surface area contributed by atoms with E-state index in [1.165, 1.54) is 12.1 Å². The smallest absolute Gasteiger partial charge is 0.437 e. The number of benzene rings is 2. The van der Waals surface area contributed by atoms with Crippen LogP contribution in [0.5, 0.6) is 5.75 Å². The highest BCUT2D eigenvalue weighted by Crippen LogP contribution is 2.39.